The fourth-order valence-corrected chi connectivity index (χ4v) is 3.20. The van der Waals surface area contributed by atoms with Gasteiger partial charge in [0.05, 0.1) is 26.1 Å². The lowest BCUT2D eigenvalue weighted by Crippen LogP contribution is -2.19. The monoisotopic (exact) mass is 324 g/mol. The largest absolute Gasteiger partial charge is 0.469 e. The smallest absolute Gasteiger partial charge is 0.310 e. The Kier molecular flexibility index (Phi) is 12.8. The molecule has 1 aliphatic heterocycles. The van der Waals surface area contributed by atoms with E-state index in [2.05, 4.69) is 10.2 Å². The van der Waals surface area contributed by atoms with E-state index in [0.29, 0.717) is 6.54 Å². The number of azo groups is 1. The summed E-state index contributed by atoms with van der Waals surface area (Å²) < 4.78 is 4.90. The minimum Gasteiger partial charge on any atom is -0.469 e. The summed E-state index contributed by atoms with van der Waals surface area (Å²) in [5.41, 5.74) is 0. The van der Waals surface area contributed by atoms with Gasteiger partial charge in [0.2, 0.25) is 0 Å². The lowest BCUT2D eigenvalue weighted by Gasteiger charge is -2.11. The maximum absolute atomic E-state index is 11.8. The van der Waals surface area contributed by atoms with Crippen LogP contribution in [0.3, 0.4) is 0 Å². The molecule has 0 aromatic heterocycles. The normalized spacial score (nSPS) is 24.1. The van der Waals surface area contributed by atoms with Gasteiger partial charge in [0.25, 0.3) is 0 Å². The van der Waals surface area contributed by atoms with Gasteiger partial charge in [-0.15, -0.1) is 0 Å². The highest BCUT2D eigenvalue weighted by atomic mass is 16.5. The molecule has 0 saturated carbocycles. The summed E-state index contributed by atoms with van der Waals surface area (Å²) in [5.74, 6) is -0.235. The van der Waals surface area contributed by atoms with Crippen LogP contribution in [0.1, 0.15) is 89.9 Å². The summed E-state index contributed by atoms with van der Waals surface area (Å²) in [6.07, 6.45) is 17.8. The number of ether oxygens (including phenoxy) is 1. The quantitative estimate of drug-likeness (QED) is 0.581. The maximum atomic E-state index is 11.8. The summed E-state index contributed by atoms with van der Waals surface area (Å²) in [5, 5.41) is 8.46. The lowest BCUT2D eigenvalue weighted by atomic mass is 10.00. The standard InChI is InChI=1S/C19H36N2O2/c1-23-19(22)18-15-13-11-9-7-5-3-2-4-6-8-10-12-14-16-20-21-17-18/h18H,2-17H2,1H3. The van der Waals surface area contributed by atoms with Crippen LogP contribution in [0.15, 0.2) is 10.2 Å². The van der Waals surface area contributed by atoms with Crippen molar-refractivity contribution >= 4 is 5.97 Å². The van der Waals surface area contributed by atoms with E-state index >= 15 is 0 Å². The Hall–Kier alpha value is -0.930. The first-order valence-electron chi connectivity index (χ1n) is 9.75. The van der Waals surface area contributed by atoms with E-state index in [1.807, 2.05) is 0 Å². The molecule has 0 spiro atoms. The van der Waals surface area contributed by atoms with E-state index < -0.39 is 0 Å². The van der Waals surface area contributed by atoms with E-state index in [1.165, 1.54) is 77.7 Å². The SMILES string of the molecule is COC(=O)C1CCCCCCCCCCCCCCCN=NC1. The molecule has 0 fully saturated rings. The highest BCUT2D eigenvalue weighted by Gasteiger charge is 2.18. The highest BCUT2D eigenvalue weighted by Crippen LogP contribution is 2.16. The first kappa shape index (κ1) is 20.1. The molecule has 0 bridgehead atoms. The van der Waals surface area contributed by atoms with Gasteiger partial charge in [-0.3, -0.25) is 4.79 Å². The molecule has 134 valence electrons. The molecule has 0 aliphatic carbocycles. The van der Waals surface area contributed by atoms with Gasteiger partial charge in [-0.05, 0) is 12.8 Å². The fourth-order valence-electron chi connectivity index (χ4n) is 3.20. The maximum Gasteiger partial charge on any atom is 0.310 e. The number of carbonyl (C=O) groups is 1. The molecule has 1 atom stereocenters. The molecule has 1 heterocycles. The minimum absolute atomic E-state index is 0.106. The van der Waals surface area contributed by atoms with Gasteiger partial charge < -0.3 is 4.74 Å². The third-order valence-corrected chi connectivity index (χ3v) is 4.75. The second kappa shape index (κ2) is 14.6. The third-order valence-electron chi connectivity index (χ3n) is 4.75. The van der Waals surface area contributed by atoms with Crippen molar-refractivity contribution in [3.8, 4) is 0 Å². The number of esters is 1. The topological polar surface area (TPSA) is 51.0 Å². The van der Waals surface area contributed by atoms with Gasteiger partial charge in [-0.25, -0.2) is 0 Å². The van der Waals surface area contributed by atoms with E-state index in [9.17, 15) is 4.79 Å². The summed E-state index contributed by atoms with van der Waals surface area (Å²) in [4.78, 5) is 11.8. The Morgan fingerprint density at radius 3 is 1.74 bits per heavy atom. The zero-order chi connectivity index (χ0) is 16.6. The molecule has 0 aromatic rings. The van der Waals surface area contributed by atoms with Crippen LogP contribution in [0.25, 0.3) is 0 Å². The second-order valence-corrected chi connectivity index (χ2v) is 6.79. The van der Waals surface area contributed by atoms with Crippen LogP contribution < -0.4 is 0 Å². The minimum atomic E-state index is -0.130. The van der Waals surface area contributed by atoms with Crippen LogP contribution in [0.4, 0.5) is 0 Å². The molecule has 0 amide bonds. The first-order valence-corrected chi connectivity index (χ1v) is 9.75. The zero-order valence-electron chi connectivity index (χ0n) is 15.1. The van der Waals surface area contributed by atoms with Gasteiger partial charge in [-0.2, -0.15) is 10.2 Å². The number of hydrogen-bond acceptors (Lipinski definition) is 4. The number of methoxy groups -OCH3 is 1. The van der Waals surface area contributed by atoms with Crippen molar-refractivity contribution in [1.29, 1.82) is 0 Å². The molecule has 1 rings (SSSR count). The van der Waals surface area contributed by atoms with Crippen LogP contribution in [0, 0.1) is 5.92 Å². The van der Waals surface area contributed by atoms with E-state index in [1.54, 1.807) is 0 Å². The Morgan fingerprint density at radius 1 is 0.739 bits per heavy atom. The Balaban J connectivity index is 2.34. The van der Waals surface area contributed by atoms with Crippen LogP contribution >= 0.6 is 0 Å². The molecule has 0 saturated heterocycles. The molecule has 0 N–H and O–H groups in total. The summed E-state index contributed by atoms with van der Waals surface area (Å²) in [6.45, 7) is 1.29. The molecule has 0 radical (unpaired) electrons. The van der Waals surface area contributed by atoms with Crippen LogP contribution in [0.2, 0.25) is 0 Å². The van der Waals surface area contributed by atoms with E-state index in [0.717, 1.165) is 25.8 Å². The Labute approximate surface area is 142 Å². The number of carbonyl (C=O) groups excluding carboxylic acids is 1. The fraction of sp³-hybridized carbons (Fsp3) is 0.947. The van der Waals surface area contributed by atoms with Gasteiger partial charge in [0.1, 0.15) is 0 Å². The molecular weight excluding hydrogens is 288 g/mol. The Bertz CT molecular complexity index is 318. The van der Waals surface area contributed by atoms with Crippen LogP contribution in [-0.2, 0) is 9.53 Å². The number of nitrogens with zero attached hydrogens (tertiary/aromatic N) is 2. The average Bonchev–Trinajstić information content (AvgIpc) is 2.57. The molecule has 4 nitrogen and oxygen atoms in total. The van der Waals surface area contributed by atoms with Crippen molar-refractivity contribution in [2.24, 2.45) is 16.1 Å². The average molecular weight is 325 g/mol. The van der Waals surface area contributed by atoms with Gasteiger partial charge in [0.15, 0.2) is 0 Å². The van der Waals surface area contributed by atoms with Gasteiger partial charge >= 0.3 is 5.97 Å². The van der Waals surface area contributed by atoms with Crippen molar-refractivity contribution in [3.63, 3.8) is 0 Å². The predicted octanol–water partition coefficient (Wildman–Crippen LogP) is 5.70. The molecule has 4 heteroatoms. The van der Waals surface area contributed by atoms with Crippen LogP contribution in [0.5, 0.6) is 0 Å². The number of rotatable bonds is 1. The van der Waals surface area contributed by atoms with E-state index in [-0.39, 0.29) is 11.9 Å². The zero-order valence-corrected chi connectivity index (χ0v) is 15.1. The molecule has 0 aromatic carbocycles. The van der Waals surface area contributed by atoms with Crippen molar-refractivity contribution in [1.82, 2.24) is 0 Å². The summed E-state index contributed by atoms with van der Waals surface area (Å²) in [6, 6.07) is 0. The van der Waals surface area contributed by atoms with E-state index in [4.69, 9.17) is 4.74 Å². The molecular formula is C19H36N2O2. The van der Waals surface area contributed by atoms with Crippen LogP contribution in [-0.4, -0.2) is 26.2 Å². The third kappa shape index (κ3) is 11.3. The lowest BCUT2D eigenvalue weighted by molar-refractivity contribution is -0.145. The predicted molar refractivity (Wildman–Crippen MR) is 94.7 cm³/mol. The van der Waals surface area contributed by atoms with Crippen molar-refractivity contribution in [3.05, 3.63) is 0 Å². The first-order chi connectivity index (χ1) is 11.3. The van der Waals surface area contributed by atoms with Crippen molar-refractivity contribution in [2.45, 2.75) is 89.9 Å². The highest BCUT2D eigenvalue weighted by molar-refractivity contribution is 5.72. The van der Waals surface area contributed by atoms with Gasteiger partial charge in [-0.1, -0.05) is 77.0 Å². The second-order valence-electron chi connectivity index (χ2n) is 6.79. The summed E-state index contributed by atoms with van der Waals surface area (Å²) >= 11 is 0. The molecule has 1 aliphatic rings. The van der Waals surface area contributed by atoms with Crippen molar-refractivity contribution < 1.29 is 9.53 Å². The summed E-state index contributed by atoms with van der Waals surface area (Å²) in [7, 11) is 1.47. The van der Waals surface area contributed by atoms with Crippen molar-refractivity contribution in [2.75, 3.05) is 20.2 Å². The van der Waals surface area contributed by atoms with Gasteiger partial charge in [0, 0.05) is 0 Å². The Morgan fingerprint density at radius 2 is 1.22 bits per heavy atom. The molecule has 23 heavy (non-hydrogen) atoms. The number of hydrogen-bond donors (Lipinski definition) is 0. The molecule has 1 unspecified atom stereocenters.